The van der Waals surface area contributed by atoms with E-state index >= 15 is 0 Å². The monoisotopic (exact) mass is 896 g/mol. The van der Waals surface area contributed by atoms with Crippen LogP contribution in [0.15, 0.2) is 226 Å². The van der Waals surface area contributed by atoms with E-state index in [0.717, 1.165) is 56.4 Å². The fourth-order valence-corrected chi connectivity index (χ4v) is 11.2. The molecule has 11 heteroatoms. The van der Waals surface area contributed by atoms with E-state index in [1.165, 1.54) is 0 Å². The Morgan fingerprint density at radius 3 is 0.836 bits per heavy atom. The first-order chi connectivity index (χ1) is 29.5. The maximum absolute atomic E-state index is 13.6. The average molecular weight is 898 g/mol. The number of fused-ring (bicyclic) bond motifs is 8. The van der Waals surface area contributed by atoms with Crippen LogP contribution in [0.5, 0.6) is 0 Å². The Morgan fingerprint density at radius 2 is 0.557 bits per heavy atom. The van der Waals surface area contributed by atoms with E-state index in [1.54, 1.807) is 84.9 Å². The number of anilines is 6. The molecule has 10 rings (SSSR count). The van der Waals surface area contributed by atoms with Crippen LogP contribution in [-0.2, 0) is 25.1 Å². The third-order valence-corrected chi connectivity index (χ3v) is 14.7. The summed E-state index contributed by atoms with van der Waals surface area (Å²) in [7, 11) is -7.40. The third kappa shape index (κ3) is 6.89. The minimum atomic E-state index is -3.70. The van der Waals surface area contributed by atoms with Crippen molar-refractivity contribution in [2.75, 3.05) is 9.80 Å². The highest BCUT2D eigenvalue weighted by Crippen LogP contribution is 2.63. The lowest BCUT2D eigenvalue weighted by Crippen LogP contribution is -2.41. The number of halogens is 3. The summed E-state index contributed by atoms with van der Waals surface area (Å²) in [6, 6.07) is 65.0. The molecule has 2 aliphatic heterocycles. The molecule has 0 aromatic heterocycles. The van der Waals surface area contributed by atoms with Crippen LogP contribution < -0.4 is 9.80 Å². The molecular formula is C50H35Cl3N2O4S2. The quantitative estimate of drug-likeness (QED) is 0.155. The molecule has 2 aliphatic rings. The molecule has 1 spiro atoms. The lowest BCUT2D eigenvalue weighted by molar-refractivity contribution is 0.594. The van der Waals surface area contributed by atoms with Gasteiger partial charge in [0.2, 0.25) is 19.7 Å². The molecule has 0 aliphatic carbocycles. The average Bonchev–Trinajstić information content (AvgIpc) is 3.29. The second kappa shape index (κ2) is 16.2. The Morgan fingerprint density at radius 1 is 0.328 bits per heavy atom. The summed E-state index contributed by atoms with van der Waals surface area (Å²) in [6.07, 6.45) is 0. The van der Waals surface area contributed by atoms with Gasteiger partial charge in [0.05, 0.1) is 47.7 Å². The Bertz CT molecular complexity index is 2800. The maximum Gasteiger partial charge on any atom is 0.206 e. The molecule has 2 heterocycles. The Hall–Kier alpha value is -5.87. The Labute approximate surface area is 370 Å². The molecule has 0 unspecified atom stereocenters. The van der Waals surface area contributed by atoms with Gasteiger partial charge < -0.3 is 9.80 Å². The fourth-order valence-electron chi connectivity index (χ4n) is 8.65. The van der Waals surface area contributed by atoms with Gasteiger partial charge in [0.1, 0.15) is 0 Å². The number of para-hydroxylation sites is 4. The second-order valence-electron chi connectivity index (χ2n) is 14.4. The molecule has 8 aromatic carbocycles. The number of benzene rings is 8. The second-order valence-corrected chi connectivity index (χ2v) is 20.2. The van der Waals surface area contributed by atoms with E-state index in [9.17, 15) is 16.8 Å². The smallest absolute Gasteiger partial charge is 0.206 e. The van der Waals surface area contributed by atoms with Crippen LogP contribution in [0.1, 0.15) is 22.3 Å². The Balaban J connectivity index is 0.00000114. The summed E-state index contributed by atoms with van der Waals surface area (Å²) in [6.45, 7) is 0. The molecule has 0 radical (unpaired) electrons. The maximum atomic E-state index is 13.6. The van der Waals surface area contributed by atoms with Crippen molar-refractivity contribution in [1.29, 1.82) is 0 Å². The van der Waals surface area contributed by atoms with E-state index in [-0.39, 0.29) is 19.6 Å². The van der Waals surface area contributed by atoms with Crippen LogP contribution in [0.25, 0.3) is 0 Å². The third-order valence-electron chi connectivity index (χ3n) is 11.1. The van der Waals surface area contributed by atoms with Gasteiger partial charge in [-0.05, 0) is 119 Å². The highest BCUT2D eigenvalue weighted by Gasteiger charge is 2.51. The zero-order valence-corrected chi connectivity index (χ0v) is 36.1. The van der Waals surface area contributed by atoms with Crippen LogP contribution >= 0.6 is 34.8 Å². The van der Waals surface area contributed by atoms with Crippen LogP contribution in [0.4, 0.5) is 34.1 Å². The number of sulfone groups is 2. The van der Waals surface area contributed by atoms with Gasteiger partial charge in [-0.15, -0.1) is 0 Å². The fraction of sp³-hybridized carbons (Fsp3) is 0.0400. The molecule has 0 N–H and O–H groups in total. The SMILES string of the molecule is ClC(Cl)Cl.O=S(=O)(c1ccccc1)c1ccc(N2c3ccccc3C3(c4ccccc42)c2ccccc2N(c2ccc(S(=O)(=O)c4ccccc4)cc2)c2ccccc23)cc1. The molecule has 6 nitrogen and oxygen atoms in total. The predicted molar refractivity (Wildman–Crippen MR) is 246 cm³/mol. The summed E-state index contributed by atoms with van der Waals surface area (Å²) in [5.74, 6) is 0. The van der Waals surface area contributed by atoms with Gasteiger partial charge in [-0.1, -0.05) is 144 Å². The standard InChI is InChI=1S/C49H34N2O4S2.CHCl3/c52-56(53,37-15-3-1-4-16-37)39-31-27-35(28-32-39)50-45-23-11-7-19-41(45)49(42-20-8-12-24-46(42)50)43-21-9-13-25-47(43)51(48-26-14-10-22-44(48)49)36-29-33-40(34-30-36)57(54,55)38-17-5-2-6-18-38;2-1(3)4/h1-34H;1H. The normalized spacial score (nSPS) is 13.6. The molecule has 0 saturated heterocycles. The number of nitrogens with zero attached hydrogens (tertiary/aromatic N) is 2. The van der Waals surface area contributed by atoms with Gasteiger partial charge in [-0.25, -0.2) is 16.8 Å². The largest absolute Gasteiger partial charge is 0.310 e. The van der Waals surface area contributed by atoms with Gasteiger partial charge in [0.15, 0.2) is 4.30 Å². The summed E-state index contributed by atoms with van der Waals surface area (Å²) in [5.41, 5.74) is 9.13. The van der Waals surface area contributed by atoms with Crippen LogP contribution in [0, 0.1) is 0 Å². The number of hydrogen-bond acceptors (Lipinski definition) is 6. The van der Waals surface area contributed by atoms with Crippen molar-refractivity contribution in [2.24, 2.45) is 0 Å². The molecule has 0 bridgehead atoms. The molecule has 61 heavy (non-hydrogen) atoms. The minimum Gasteiger partial charge on any atom is -0.310 e. The van der Waals surface area contributed by atoms with Crippen molar-refractivity contribution in [3.05, 3.63) is 229 Å². The first kappa shape index (κ1) is 40.5. The van der Waals surface area contributed by atoms with E-state index in [1.807, 2.05) is 48.5 Å². The first-order valence-corrected chi connectivity index (χ1v) is 23.5. The molecular weight excluding hydrogens is 863 g/mol. The van der Waals surface area contributed by atoms with Gasteiger partial charge in [-0.3, -0.25) is 0 Å². The van der Waals surface area contributed by atoms with Gasteiger partial charge in [0.25, 0.3) is 0 Å². The van der Waals surface area contributed by atoms with Crippen molar-refractivity contribution in [3.8, 4) is 0 Å². The number of alkyl halides is 3. The van der Waals surface area contributed by atoms with Crippen molar-refractivity contribution < 1.29 is 16.8 Å². The lowest BCUT2D eigenvalue weighted by atomic mass is 9.60. The summed E-state index contributed by atoms with van der Waals surface area (Å²) >= 11 is 14.4. The summed E-state index contributed by atoms with van der Waals surface area (Å²) < 4.78 is 53.5. The van der Waals surface area contributed by atoms with Crippen LogP contribution in [-0.4, -0.2) is 21.1 Å². The van der Waals surface area contributed by atoms with Crippen molar-refractivity contribution in [1.82, 2.24) is 0 Å². The van der Waals surface area contributed by atoms with Gasteiger partial charge >= 0.3 is 0 Å². The van der Waals surface area contributed by atoms with E-state index < -0.39 is 29.4 Å². The predicted octanol–water partition coefficient (Wildman–Crippen LogP) is 13.3. The molecule has 0 amide bonds. The summed E-state index contributed by atoms with van der Waals surface area (Å²) in [5, 5.41) is 0. The molecule has 0 saturated carbocycles. The highest BCUT2D eigenvalue weighted by atomic mass is 35.6. The highest BCUT2D eigenvalue weighted by molar-refractivity contribution is 7.91. The van der Waals surface area contributed by atoms with E-state index in [2.05, 4.69) is 82.6 Å². The van der Waals surface area contributed by atoms with Crippen LogP contribution in [0.2, 0.25) is 0 Å². The van der Waals surface area contributed by atoms with Crippen molar-refractivity contribution in [3.63, 3.8) is 0 Å². The van der Waals surface area contributed by atoms with Crippen molar-refractivity contribution >= 4 is 88.6 Å². The minimum absolute atomic E-state index is 0.230. The molecule has 8 aromatic rings. The molecule has 0 fully saturated rings. The summed E-state index contributed by atoms with van der Waals surface area (Å²) in [4.78, 5) is 5.41. The zero-order valence-electron chi connectivity index (χ0n) is 32.2. The zero-order chi connectivity index (χ0) is 42.4. The topological polar surface area (TPSA) is 74.8 Å². The van der Waals surface area contributed by atoms with E-state index in [4.69, 9.17) is 34.8 Å². The number of rotatable bonds is 6. The van der Waals surface area contributed by atoms with Crippen molar-refractivity contribution in [2.45, 2.75) is 29.3 Å². The Kier molecular flexibility index (Phi) is 10.8. The molecule has 302 valence electrons. The van der Waals surface area contributed by atoms with Gasteiger partial charge in [0, 0.05) is 11.4 Å². The van der Waals surface area contributed by atoms with Gasteiger partial charge in [-0.2, -0.15) is 0 Å². The molecule has 0 atom stereocenters. The van der Waals surface area contributed by atoms with Crippen LogP contribution in [0.3, 0.4) is 0 Å². The first-order valence-electron chi connectivity index (χ1n) is 19.3. The lowest BCUT2D eigenvalue weighted by Gasteiger charge is -2.51. The van der Waals surface area contributed by atoms with E-state index in [0.29, 0.717) is 0 Å². The number of hydrogen-bond donors (Lipinski definition) is 0.